The van der Waals surface area contributed by atoms with Gasteiger partial charge in [-0.05, 0) is 43.2 Å². The number of amides is 1. The number of hydrogen-bond donors (Lipinski definition) is 1. The molecule has 18 heavy (non-hydrogen) atoms. The largest absolute Gasteiger partial charge is 0.314 e. The molecular weight excluding hydrogens is 310 g/mol. The Kier molecular flexibility index (Phi) is 4.19. The van der Waals surface area contributed by atoms with Crippen molar-refractivity contribution in [1.29, 1.82) is 0 Å². The fourth-order valence-electron chi connectivity index (χ4n) is 1.61. The Morgan fingerprint density at radius 3 is 2.72 bits per heavy atom. The lowest BCUT2D eigenvalue weighted by atomic mass is 10.1. The van der Waals surface area contributed by atoms with Gasteiger partial charge in [-0.1, -0.05) is 28.1 Å². The van der Waals surface area contributed by atoms with E-state index in [0.717, 1.165) is 15.9 Å². The first-order valence-corrected chi connectivity index (χ1v) is 7.57. The highest BCUT2D eigenvalue weighted by molar-refractivity contribution is 9.08. The lowest BCUT2D eigenvalue weighted by Gasteiger charge is -2.03. The molecule has 1 aromatic heterocycles. The second-order valence-electron chi connectivity index (χ2n) is 4.14. The van der Waals surface area contributed by atoms with Crippen LogP contribution in [0, 0.1) is 13.8 Å². The van der Waals surface area contributed by atoms with E-state index in [9.17, 15) is 4.79 Å². The van der Waals surface area contributed by atoms with E-state index in [-0.39, 0.29) is 5.91 Å². The van der Waals surface area contributed by atoms with Crippen LogP contribution in [0.3, 0.4) is 0 Å². The summed E-state index contributed by atoms with van der Waals surface area (Å²) in [6.07, 6.45) is 0. The Morgan fingerprint density at radius 2 is 2.11 bits per heavy atom. The molecule has 2 nitrogen and oxygen atoms in total. The van der Waals surface area contributed by atoms with Gasteiger partial charge in [-0.25, -0.2) is 0 Å². The molecule has 0 atom stereocenters. The fourth-order valence-corrected chi connectivity index (χ4v) is 2.89. The van der Waals surface area contributed by atoms with Crippen LogP contribution in [0.15, 0.2) is 30.3 Å². The highest BCUT2D eigenvalue weighted by Crippen LogP contribution is 2.26. The summed E-state index contributed by atoms with van der Waals surface area (Å²) < 4.78 is 0. The zero-order chi connectivity index (χ0) is 13.1. The molecule has 1 aromatic carbocycles. The lowest BCUT2D eigenvalue weighted by molar-refractivity contribution is 0.102. The van der Waals surface area contributed by atoms with Gasteiger partial charge in [0.15, 0.2) is 0 Å². The molecule has 0 aliphatic carbocycles. The van der Waals surface area contributed by atoms with Crippen LogP contribution in [0.2, 0.25) is 0 Å². The quantitative estimate of drug-likeness (QED) is 0.827. The summed E-state index contributed by atoms with van der Waals surface area (Å²) in [7, 11) is 0. The molecule has 0 spiro atoms. The molecule has 0 fully saturated rings. The molecule has 0 saturated carbocycles. The van der Waals surface area contributed by atoms with Crippen LogP contribution in [0.5, 0.6) is 0 Å². The molecule has 1 amide bonds. The lowest BCUT2D eigenvalue weighted by Crippen LogP contribution is -2.10. The minimum absolute atomic E-state index is 0.0564. The molecule has 0 aliphatic rings. The van der Waals surface area contributed by atoms with Crippen molar-refractivity contribution in [2.24, 2.45) is 0 Å². The van der Waals surface area contributed by atoms with Crippen LogP contribution in [-0.2, 0) is 5.33 Å². The van der Waals surface area contributed by atoms with Crippen molar-refractivity contribution in [2.45, 2.75) is 19.2 Å². The number of carbonyl (C=O) groups excluding carboxylic acids is 1. The third kappa shape index (κ3) is 3.00. The predicted octanol–water partition coefficient (Wildman–Crippen LogP) is 4.51. The maximum atomic E-state index is 12.1. The SMILES string of the molecule is Cc1cc(NC(=O)c2cccc(CBr)c2)sc1C. The summed E-state index contributed by atoms with van der Waals surface area (Å²) in [5.74, 6) is -0.0564. The van der Waals surface area contributed by atoms with Crippen LogP contribution in [0.25, 0.3) is 0 Å². The van der Waals surface area contributed by atoms with Crippen LogP contribution >= 0.6 is 27.3 Å². The summed E-state index contributed by atoms with van der Waals surface area (Å²) in [6, 6.07) is 9.62. The van der Waals surface area contributed by atoms with E-state index in [2.05, 4.69) is 28.2 Å². The minimum Gasteiger partial charge on any atom is -0.314 e. The van der Waals surface area contributed by atoms with E-state index < -0.39 is 0 Å². The van der Waals surface area contributed by atoms with E-state index in [1.54, 1.807) is 11.3 Å². The van der Waals surface area contributed by atoms with Gasteiger partial charge in [0, 0.05) is 15.8 Å². The summed E-state index contributed by atoms with van der Waals surface area (Å²) in [5.41, 5.74) is 3.00. The van der Waals surface area contributed by atoms with Gasteiger partial charge >= 0.3 is 0 Å². The first-order valence-electron chi connectivity index (χ1n) is 5.63. The molecule has 0 aliphatic heterocycles. The number of benzene rings is 1. The van der Waals surface area contributed by atoms with Crippen molar-refractivity contribution >= 4 is 38.2 Å². The molecule has 2 rings (SSSR count). The summed E-state index contributed by atoms with van der Waals surface area (Å²) >= 11 is 5.00. The minimum atomic E-state index is -0.0564. The topological polar surface area (TPSA) is 29.1 Å². The van der Waals surface area contributed by atoms with Gasteiger partial charge in [-0.2, -0.15) is 0 Å². The summed E-state index contributed by atoms with van der Waals surface area (Å²) in [5, 5.41) is 4.59. The number of nitrogens with one attached hydrogen (secondary N) is 1. The molecule has 2 aromatic rings. The van der Waals surface area contributed by atoms with Crippen molar-refractivity contribution < 1.29 is 4.79 Å². The van der Waals surface area contributed by atoms with E-state index in [0.29, 0.717) is 5.56 Å². The van der Waals surface area contributed by atoms with Gasteiger partial charge in [0.2, 0.25) is 0 Å². The van der Waals surface area contributed by atoms with Gasteiger partial charge in [-0.15, -0.1) is 11.3 Å². The Balaban J connectivity index is 2.16. The summed E-state index contributed by atoms with van der Waals surface area (Å²) in [4.78, 5) is 13.3. The average Bonchev–Trinajstić information content (AvgIpc) is 2.68. The molecule has 0 saturated heterocycles. The van der Waals surface area contributed by atoms with Crippen molar-refractivity contribution in [1.82, 2.24) is 0 Å². The van der Waals surface area contributed by atoms with E-state index in [1.807, 2.05) is 37.3 Å². The number of anilines is 1. The monoisotopic (exact) mass is 323 g/mol. The Morgan fingerprint density at radius 1 is 1.33 bits per heavy atom. The number of carbonyl (C=O) groups is 1. The first kappa shape index (κ1) is 13.3. The molecule has 0 unspecified atom stereocenters. The number of aryl methyl sites for hydroxylation is 2. The highest BCUT2D eigenvalue weighted by atomic mass is 79.9. The van der Waals surface area contributed by atoms with E-state index >= 15 is 0 Å². The van der Waals surface area contributed by atoms with Crippen molar-refractivity contribution in [2.75, 3.05) is 5.32 Å². The third-order valence-electron chi connectivity index (χ3n) is 2.75. The number of alkyl halides is 1. The van der Waals surface area contributed by atoms with Crippen LogP contribution in [0.4, 0.5) is 5.00 Å². The maximum Gasteiger partial charge on any atom is 0.256 e. The van der Waals surface area contributed by atoms with E-state index in [1.165, 1.54) is 10.4 Å². The standard InChI is InChI=1S/C14H14BrNOS/c1-9-6-13(18-10(9)2)16-14(17)12-5-3-4-11(7-12)8-15/h3-7H,8H2,1-2H3,(H,16,17). The van der Waals surface area contributed by atoms with Gasteiger partial charge in [0.1, 0.15) is 0 Å². The van der Waals surface area contributed by atoms with Gasteiger partial charge in [0.25, 0.3) is 5.91 Å². The Hall–Kier alpha value is -1.13. The van der Waals surface area contributed by atoms with Crippen LogP contribution in [0.1, 0.15) is 26.4 Å². The van der Waals surface area contributed by atoms with Crippen molar-refractivity contribution in [3.05, 3.63) is 51.9 Å². The Bertz CT molecular complexity index is 557. The van der Waals surface area contributed by atoms with Crippen LogP contribution in [-0.4, -0.2) is 5.91 Å². The second kappa shape index (κ2) is 5.67. The molecule has 0 radical (unpaired) electrons. The van der Waals surface area contributed by atoms with E-state index in [4.69, 9.17) is 0 Å². The van der Waals surface area contributed by atoms with Crippen LogP contribution < -0.4 is 5.32 Å². The molecule has 1 N–H and O–H groups in total. The van der Waals surface area contributed by atoms with Gasteiger partial charge in [-0.3, -0.25) is 4.79 Å². The normalized spacial score (nSPS) is 10.4. The summed E-state index contributed by atoms with van der Waals surface area (Å²) in [6.45, 7) is 4.11. The molecule has 4 heteroatoms. The molecule has 0 bridgehead atoms. The zero-order valence-corrected chi connectivity index (χ0v) is 12.7. The molecule has 1 heterocycles. The number of halogens is 1. The predicted molar refractivity (Wildman–Crippen MR) is 80.8 cm³/mol. The second-order valence-corrected chi connectivity index (χ2v) is 5.96. The maximum absolute atomic E-state index is 12.1. The third-order valence-corrected chi connectivity index (χ3v) is 4.46. The average molecular weight is 324 g/mol. The number of hydrogen-bond acceptors (Lipinski definition) is 2. The van der Waals surface area contributed by atoms with Gasteiger partial charge < -0.3 is 5.32 Å². The fraction of sp³-hybridized carbons (Fsp3) is 0.214. The van der Waals surface area contributed by atoms with Crippen molar-refractivity contribution in [3.63, 3.8) is 0 Å². The van der Waals surface area contributed by atoms with Crippen molar-refractivity contribution in [3.8, 4) is 0 Å². The first-order chi connectivity index (χ1) is 8.60. The number of thiophene rings is 1. The zero-order valence-electron chi connectivity index (χ0n) is 10.3. The van der Waals surface area contributed by atoms with Gasteiger partial charge in [0.05, 0.1) is 5.00 Å². The smallest absolute Gasteiger partial charge is 0.256 e. The molecular formula is C14H14BrNOS. The highest BCUT2D eigenvalue weighted by Gasteiger charge is 2.09. The molecule has 94 valence electrons. The number of rotatable bonds is 3. The Labute approximate surface area is 119 Å².